The second-order valence-electron chi connectivity index (χ2n) is 7.53. The van der Waals surface area contributed by atoms with Gasteiger partial charge < -0.3 is 10.4 Å². The van der Waals surface area contributed by atoms with Crippen LogP contribution in [-0.4, -0.2) is 16.6 Å². The Balaban J connectivity index is 2.91. The van der Waals surface area contributed by atoms with Crippen molar-refractivity contribution in [3.8, 4) is 5.75 Å². The molecule has 0 aromatic heterocycles. The molecule has 1 rings (SSSR count). The van der Waals surface area contributed by atoms with Crippen LogP contribution >= 0.6 is 0 Å². The Labute approximate surface area is 122 Å². The summed E-state index contributed by atoms with van der Waals surface area (Å²) in [5.74, 6) is 0.226. The van der Waals surface area contributed by atoms with Gasteiger partial charge in [0.1, 0.15) is 5.75 Å². The first-order valence-electron chi connectivity index (χ1n) is 7.09. The number of benzene rings is 1. The van der Waals surface area contributed by atoms with Crippen LogP contribution in [0.3, 0.4) is 0 Å². The van der Waals surface area contributed by atoms with Gasteiger partial charge in [0.2, 0.25) is 5.91 Å². The van der Waals surface area contributed by atoms with Gasteiger partial charge in [-0.1, -0.05) is 32.9 Å². The van der Waals surface area contributed by atoms with Crippen molar-refractivity contribution in [2.45, 2.75) is 53.5 Å². The zero-order chi connectivity index (χ0) is 15.6. The highest BCUT2D eigenvalue weighted by Crippen LogP contribution is 2.30. The molecule has 3 nitrogen and oxygen atoms in total. The molecule has 0 radical (unpaired) electrons. The van der Waals surface area contributed by atoms with E-state index >= 15 is 0 Å². The van der Waals surface area contributed by atoms with Gasteiger partial charge in [0.15, 0.2) is 0 Å². The summed E-state index contributed by atoms with van der Waals surface area (Å²) >= 11 is 0. The fourth-order valence-corrected chi connectivity index (χ4v) is 2.12. The molecule has 1 aromatic rings. The topological polar surface area (TPSA) is 49.3 Å². The highest BCUT2D eigenvalue weighted by atomic mass is 16.3. The predicted octanol–water partition coefficient (Wildman–Crippen LogP) is 3.51. The first-order valence-corrected chi connectivity index (χ1v) is 7.09. The average molecular weight is 277 g/mol. The summed E-state index contributed by atoms with van der Waals surface area (Å²) < 4.78 is 0. The summed E-state index contributed by atoms with van der Waals surface area (Å²) in [7, 11) is 0. The van der Waals surface area contributed by atoms with Crippen molar-refractivity contribution in [1.29, 1.82) is 0 Å². The van der Waals surface area contributed by atoms with E-state index in [1.54, 1.807) is 12.1 Å². The molecule has 0 aliphatic carbocycles. The smallest absolute Gasteiger partial charge is 0.224 e. The minimum absolute atomic E-state index is 0.0816. The Morgan fingerprint density at radius 1 is 1.10 bits per heavy atom. The third-order valence-electron chi connectivity index (χ3n) is 3.24. The molecule has 0 spiro atoms. The van der Waals surface area contributed by atoms with Crippen molar-refractivity contribution in [1.82, 2.24) is 5.32 Å². The Hall–Kier alpha value is -1.51. The Morgan fingerprint density at radius 3 is 2.00 bits per heavy atom. The minimum atomic E-state index is -0.227. The molecule has 0 bridgehead atoms. The average Bonchev–Trinajstić information content (AvgIpc) is 2.24. The molecule has 0 fully saturated rings. The van der Waals surface area contributed by atoms with Crippen molar-refractivity contribution < 1.29 is 9.90 Å². The maximum Gasteiger partial charge on any atom is 0.224 e. The van der Waals surface area contributed by atoms with E-state index in [-0.39, 0.29) is 28.5 Å². The monoisotopic (exact) mass is 277 g/mol. The van der Waals surface area contributed by atoms with Crippen LogP contribution in [0.5, 0.6) is 5.75 Å². The predicted molar refractivity (Wildman–Crippen MR) is 82.7 cm³/mol. The maximum atomic E-state index is 12.5. The van der Waals surface area contributed by atoms with Crippen LogP contribution < -0.4 is 5.32 Å². The molecule has 3 heteroatoms. The SMILES string of the molecule is CC(C)(C)NC(=O)[C@@H](Cc1ccc(O)cc1)C(C)(C)C. The van der Waals surface area contributed by atoms with Crippen LogP contribution in [0.1, 0.15) is 47.1 Å². The zero-order valence-electron chi connectivity index (χ0n) is 13.4. The van der Waals surface area contributed by atoms with Gasteiger partial charge in [-0.15, -0.1) is 0 Å². The molecule has 0 aliphatic rings. The third kappa shape index (κ3) is 5.24. The van der Waals surface area contributed by atoms with E-state index in [1.165, 1.54) is 0 Å². The Morgan fingerprint density at radius 2 is 1.60 bits per heavy atom. The number of phenolic OH excluding ortho intramolecular Hbond substituents is 1. The molecule has 1 atom stereocenters. The van der Waals surface area contributed by atoms with Gasteiger partial charge in [-0.3, -0.25) is 4.79 Å². The number of phenols is 1. The first-order chi connectivity index (χ1) is 8.99. The van der Waals surface area contributed by atoms with Gasteiger partial charge >= 0.3 is 0 Å². The number of rotatable bonds is 3. The zero-order valence-corrected chi connectivity index (χ0v) is 13.4. The van der Waals surface area contributed by atoms with Crippen molar-refractivity contribution in [3.05, 3.63) is 29.8 Å². The molecule has 2 N–H and O–H groups in total. The number of hydrogen-bond acceptors (Lipinski definition) is 2. The number of carbonyl (C=O) groups is 1. The normalized spacial score (nSPS) is 13.9. The second kappa shape index (κ2) is 5.86. The van der Waals surface area contributed by atoms with E-state index in [1.807, 2.05) is 32.9 Å². The highest BCUT2D eigenvalue weighted by Gasteiger charge is 2.33. The molecule has 1 aromatic carbocycles. The molecular weight excluding hydrogens is 250 g/mol. The van der Waals surface area contributed by atoms with Crippen molar-refractivity contribution in [3.63, 3.8) is 0 Å². The molecule has 20 heavy (non-hydrogen) atoms. The van der Waals surface area contributed by atoms with Crippen LogP contribution in [-0.2, 0) is 11.2 Å². The quantitative estimate of drug-likeness (QED) is 0.888. The largest absolute Gasteiger partial charge is 0.508 e. The molecule has 0 saturated carbocycles. The van der Waals surface area contributed by atoms with Gasteiger partial charge in [0.25, 0.3) is 0 Å². The lowest BCUT2D eigenvalue weighted by atomic mass is 9.76. The lowest BCUT2D eigenvalue weighted by molar-refractivity contribution is -0.129. The number of nitrogens with one attached hydrogen (secondary N) is 1. The van der Waals surface area contributed by atoms with Gasteiger partial charge in [0, 0.05) is 11.5 Å². The number of hydrogen-bond donors (Lipinski definition) is 2. The summed E-state index contributed by atoms with van der Waals surface area (Å²) in [5.41, 5.74) is 0.717. The molecular formula is C17H27NO2. The Kier molecular flexibility index (Phi) is 4.85. The van der Waals surface area contributed by atoms with E-state index in [0.29, 0.717) is 6.42 Å². The summed E-state index contributed by atoms with van der Waals surface area (Å²) in [6.45, 7) is 12.2. The Bertz CT molecular complexity index is 449. The van der Waals surface area contributed by atoms with Crippen LogP contribution in [0.4, 0.5) is 0 Å². The second-order valence-corrected chi connectivity index (χ2v) is 7.53. The van der Waals surface area contributed by atoms with E-state index in [2.05, 4.69) is 26.1 Å². The van der Waals surface area contributed by atoms with E-state index < -0.39 is 0 Å². The first kappa shape index (κ1) is 16.5. The number of aromatic hydroxyl groups is 1. The summed E-state index contributed by atoms with van der Waals surface area (Å²) in [6, 6.07) is 7.07. The van der Waals surface area contributed by atoms with Crippen LogP contribution in [0.2, 0.25) is 0 Å². The molecule has 1 amide bonds. The lowest BCUT2D eigenvalue weighted by Gasteiger charge is -2.33. The van der Waals surface area contributed by atoms with Crippen molar-refractivity contribution >= 4 is 5.91 Å². The molecule has 0 heterocycles. The number of carbonyl (C=O) groups excluding carboxylic acids is 1. The lowest BCUT2D eigenvalue weighted by Crippen LogP contribution is -2.47. The van der Waals surface area contributed by atoms with Crippen LogP contribution in [0, 0.1) is 11.3 Å². The minimum Gasteiger partial charge on any atom is -0.508 e. The highest BCUT2D eigenvalue weighted by molar-refractivity contribution is 5.80. The third-order valence-corrected chi connectivity index (χ3v) is 3.24. The van der Waals surface area contributed by atoms with Gasteiger partial charge in [-0.05, 0) is 50.3 Å². The standard InChI is InChI=1S/C17H27NO2/c1-16(2,3)14(15(20)18-17(4,5)6)11-12-7-9-13(19)10-8-12/h7-10,14,19H,11H2,1-6H3,(H,18,20)/t14-/m1/s1. The summed E-state index contributed by atoms with van der Waals surface area (Å²) in [6.07, 6.45) is 0.672. The summed E-state index contributed by atoms with van der Waals surface area (Å²) in [5, 5.41) is 12.4. The van der Waals surface area contributed by atoms with Gasteiger partial charge in [-0.25, -0.2) is 0 Å². The van der Waals surface area contributed by atoms with E-state index in [9.17, 15) is 9.90 Å². The van der Waals surface area contributed by atoms with Crippen LogP contribution in [0.15, 0.2) is 24.3 Å². The maximum absolute atomic E-state index is 12.5. The fraction of sp³-hybridized carbons (Fsp3) is 0.588. The van der Waals surface area contributed by atoms with Crippen molar-refractivity contribution in [2.24, 2.45) is 11.3 Å². The molecule has 0 saturated heterocycles. The van der Waals surface area contributed by atoms with Gasteiger partial charge in [-0.2, -0.15) is 0 Å². The molecule has 0 aliphatic heterocycles. The van der Waals surface area contributed by atoms with Crippen LogP contribution in [0.25, 0.3) is 0 Å². The number of amides is 1. The fourth-order valence-electron chi connectivity index (χ4n) is 2.12. The molecule has 0 unspecified atom stereocenters. The van der Waals surface area contributed by atoms with E-state index in [4.69, 9.17) is 0 Å². The van der Waals surface area contributed by atoms with Crippen molar-refractivity contribution in [2.75, 3.05) is 0 Å². The van der Waals surface area contributed by atoms with Gasteiger partial charge in [0.05, 0.1) is 0 Å². The summed E-state index contributed by atoms with van der Waals surface area (Å²) in [4.78, 5) is 12.5. The van der Waals surface area contributed by atoms with E-state index in [0.717, 1.165) is 5.56 Å². The molecule has 112 valence electrons.